The van der Waals surface area contributed by atoms with Gasteiger partial charge in [-0.05, 0) is 31.4 Å². The SMILES string of the molecule is CCN(CC)S(=O)(=O)CC(=O)N1CCC(c2ccc(C)cc2C)C1. The molecule has 1 saturated heterocycles. The summed E-state index contributed by atoms with van der Waals surface area (Å²) < 4.78 is 25.9. The van der Waals surface area contributed by atoms with Crippen molar-refractivity contribution in [1.82, 2.24) is 9.21 Å². The molecule has 1 unspecified atom stereocenters. The van der Waals surface area contributed by atoms with Crippen LogP contribution in [0.15, 0.2) is 18.2 Å². The molecule has 0 N–H and O–H groups in total. The molecule has 0 saturated carbocycles. The maximum absolute atomic E-state index is 12.4. The lowest BCUT2D eigenvalue weighted by atomic mass is 9.93. The minimum absolute atomic E-state index is 0.283. The number of nitrogens with zero attached hydrogens (tertiary/aromatic N) is 2. The van der Waals surface area contributed by atoms with E-state index in [-0.39, 0.29) is 5.91 Å². The van der Waals surface area contributed by atoms with Crippen molar-refractivity contribution in [3.8, 4) is 0 Å². The zero-order valence-corrected chi connectivity index (χ0v) is 15.9. The summed E-state index contributed by atoms with van der Waals surface area (Å²) in [7, 11) is -3.51. The zero-order chi connectivity index (χ0) is 17.9. The van der Waals surface area contributed by atoms with E-state index < -0.39 is 15.8 Å². The van der Waals surface area contributed by atoms with Gasteiger partial charge in [-0.3, -0.25) is 4.79 Å². The molecular weight excluding hydrogens is 324 g/mol. The second-order valence-corrected chi connectivity index (χ2v) is 8.49. The van der Waals surface area contributed by atoms with Crippen molar-refractivity contribution < 1.29 is 13.2 Å². The van der Waals surface area contributed by atoms with E-state index >= 15 is 0 Å². The van der Waals surface area contributed by atoms with Gasteiger partial charge in [0.1, 0.15) is 5.75 Å². The summed E-state index contributed by atoms with van der Waals surface area (Å²) in [5.74, 6) is -0.409. The van der Waals surface area contributed by atoms with Gasteiger partial charge in [0, 0.05) is 32.1 Å². The Bertz CT molecular complexity index is 696. The molecule has 0 aliphatic carbocycles. The van der Waals surface area contributed by atoms with Gasteiger partial charge in [0.15, 0.2) is 0 Å². The number of likely N-dealkylation sites (tertiary alicyclic amines) is 1. The summed E-state index contributed by atoms with van der Waals surface area (Å²) in [5.41, 5.74) is 3.74. The van der Waals surface area contributed by atoms with Crippen LogP contribution in [0.4, 0.5) is 0 Å². The van der Waals surface area contributed by atoms with E-state index in [1.807, 2.05) is 0 Å². The molecule has 134 valence electrons. The van der Waals surface area contributed by atoms with Crippen molar-refractivity contribution >= 4 is 15.9 Å². The first-order chi connectivity index (χ1) is 11.3. The van der Waals surface area contributed by atoms with E-state index in [0.717, 1.165) is 6.42 Å². The van der Waals surface area contributed by atoms with Crippen LogP contribution in [-0.4, -0.2) is 55.5 Å². The van der Waals surface area contributed by atoms with Gasteiger partial charge < -0.3 is 4.90 Å². The Kier molecular flexibility index (Phi) is 6.04. The number of hydrogen-bond acceptors (Lipinski definition) is 3. The van der Waals surface area contributed by atoms with Crippen LogP contribution in [0.2, 0.25) is 0 Å². The molecule has 5 nitrogen and oxygen atoms in total. The lowest BCUT2D eigenvalue weighted by Gasteiger charge is -2.21. The fourth-order valence-electron chi connectivity index (χ4n) is 3.48. The van der Waals surface area contributed by atoms with Crippen molar-refractivity contribution in [2.45, 2.75) is 40.0 Å². The molecule has 6 heteroatoms. The first-order valence-electron chi connectivity index (χ1n) is 8.61. The number of carbonyl (C=O) groups excluding carboxylic acids is 1. The van der Waals surface area contributed by atoms with Crippen molar-refractivity contribution in [2.24, 2.45) is 0 Å². The lowest BCUT2D eigenvalue weighted by molar-refractivity contribution is -0.127. The van der Waals surface area contributed by atoms with Crippen LogP contribution >= 0.6 is 0 Å². The van der Waals surface area contributed by atoms with Crippen LogP contribution in [0.25, 0.3) is 0 Å². The second-order valence-electron chi connectivity index (χ2n) is 6.53. The summed E-state index contributed by atoms with van der Waals surface area (Å²) >= 11 is 0. The predicted octanol–water partition coefficient (Wildman–Crippen LogP) is 2.29. The molecule has 1 fully saturated rings. The summed E-state index contributed by atoms with van der Waals surface area (Å²) in [6.07, 6.45) is 0.890. The molecule has 1 aromatic rings. The summed E-state index contributed by atoms with van der Waals surface area (Å²) in [4.78, 5) is 14.1. The molecule has 1 aliphatic heterocycles. The molecule has 24 heavy (non-hydrogen) atoms. The fraction of sp³-hybridized carbons (Fsp3) is 0.611. The topological polar surface area (TPSA) is 57.7 Å². The molecule has 1 amide bonds. The van der Waals surface area contributed by atoms with Crippen molar-refractivity contribution in [2.75, 3.05) is 31.9 Å². The maximum atomic E-state index is 12.4. The van der Waals surface area contributed by atoms with E-state index in [0.29, 0.717) is 32.1 Å². The van der Waals surface area contributed by atoms with Gasteiger partial charge >= 0.3 is 0 Å². The Morgan fingerprint density at radius 1 is 1.25 bits per heavy atom. The molecule has 1 heterocycles. The van der Waals surface area contributed by atoms with Gasteiger partial charge in [0.25, 0.3) is 0 Å². The lowest BCUT2D eigenvalue weighted by Crippen LogP contribution is -2.40. The number of carbonyl (C=O) groups is 1. The molecule has 0 spiro atoms. The third-order valence-corrected chi connectivity index (χ3v) is 6.73. The van der Waals surface area contributed by atoms with E-state index in [4.69, 9.17) is 0 Å². The van der Waals surface area contributed by atoms with E-state index in [1.54, 1.807) is 18.7 Å². The third-order valence-electron chi connectivity index (χ3n) is 4.81. The quantitative estimate of drug-likeness (QED) is 0.789. The van der Waals surface area contributed by atoms with Crippen LogP contribution in [0.1, 0.15) is 42.9 Å². The minimum Gasteiger partial charge on any atom is -0.341 e. The van der Waals surface area contributed by atoms with Gasteiger partial charge in [0.05, 0.1) is 0 Å². The van der Waals surface area contributed by atoms with E-state index in [2.05, 4.69) is 32.0 Å². The van der Waals surface area contributed by atoms with Gasteiger partial charge in [0.2, 0.25) is 15.9 Å². The Morgan fingerprint density at radius 3 is 2.50 bits per heavy atom. The average Bonchev–Trinajstić information content (AvgIpc) is 2.97. The molecular formula is C18H28N2O3S. The molecule has 0 bridgehead atoms. The van der Waals surface area contributed by atoms with E-state index in [1.165, 1.54) is 21.0 Å². The van der Waals surface area contributed by atoms with Crippen molar-refractivity contribution in [1.29, 1.82) is 0 Å². The monoisotopic (exact) mass is 352 g/mol. The van der Waals surface area contributed by atoms with Crippen LogP contribution in [0.3, 0.4) is 0 Å². The van der Waals surface area contributed by atoms with Crippen LogP contribution < -0.4 is 0 Å². The Balaban J connectivity index is 2.04. The zero-order valence-electron chi connectivity index (χ0n) is 15.1. The van der Waals surface area contributed by atoms with E-state index in [9.17, 15) is 13.2 Å². The second kappa shape index (κ2) is 7.66. The summed E-state index contributed by atoms with van der Waals surface area (Å²) in [6.45, 7) is 9.78. The third kappa shape index (κ3) is 4.16. The Hall–Kier alpha value is -1.40. The van der Waals surface area contributed by atoms with Gasteiger partial charge in [-0.1, -0.05) is 37.6 Å². The number of rotatable bonds is 6. The van der Waals surface area contributed by atoms with Gasteiger partial charge in [-0.25, -0.2) is 12.7 Å². The Labute approximate surface area is 145 Å². The van der Waals surface area contributed by atoms with Gasteiger partial charge in [-0.2, -0.15) is 0 Å². The number of benzene rings is 1. The summed E-state index contributed by atoms with van der Waals surface area (Å²) in [5, 5.41) is 0. The van der Waals surface area contributed by atoms with Crippen LogP contribution in [0, 0.1) is 13.8 Å². The smallest absolute Gasteiger partial charge is 0.239 e. The fourth-order valence-corrected chi connectivity index (χ4v) is 4.94. The molecule has 2 rings (SSSR count). The van der Waals surface area contributed by atoms with Crippen molar-refractivity contribution in [3.05, 3.63) is 34.9 Å². The maximum Gasteiger partial charge on any atom is 0.239 e. The first-order valence-corrected chi connectivity index (χ1v) is 10.2. The first kappa shape index (κ1) is 18.9. The highest BCUT2D eigenvalue weighted by Crippen LogP contribution is 2.30. The highest BCUT2D eigenvalue weighted by Gasteiger charge is 2.31. The standard InChI is InChI=1S/C18H28N2O3S/c1-5-20(6-2)24(22,23)13-18(21)19-10-9-16(12-19)17-8-7-14(3)11-15(17)4/h7-8,11,16H,5-6,9-10,12-13H2,1-4H3. The number of hydrogen-bond donors (Lipinski definition) is 0. The average molecular weight is 353 g/mol. The molecule has 1 atom stereocenters. The van der Waals surface area contributed by atoms with Gasteiger partial charge in [-0.15, -0.1) is 0 Å². The predicted molar refractivity (Wildman–Crippen MR) is 96.6 cm³/mol. The normalized spacial score (nSPS) is 18.4. The minimum atomic E-state index is -3.51. The molecule has 1 aromatic carbocycles. The Morgan fingerprint density at radius 2 is 1.92 bits per heavy atom. The molecule has 1 aliphatic rings. The molecule has 0 aromatic heterocycles. The largest absolute Gasteiger partial charge is 0.341 e. The molecule has 0 radical (unpaired) electrons. The number of aryl methyl sites for hydroxylation is 2. The highest BCUT2D eigenvalue weighted by atomic mass is 32.2. The number of amides is 1. The van der Waals surface area contributed by atoms with Crippen molar-refractivity contribution in [3.63, 3.8) is 0 Å². The van der Waals surface area contributed by atoms with Crippen LogP contribution in [-0.2, 0) is 14.8 Å². The van der Waals surface area contributed by atoms with Crippen LogP contribution in [0.5, 0.6) is 0 Å². The highest BCUT2D eigenvalue weighted by molar-refractivity contribution is 7.89. The number of sulfonamides is 1. The summed E-state index contributed by atoms with van der Waals surface area (Å²) in [6, 6.07) is 6.39.